The van der Waals surface area contributed by atoms with Crippen molar-refractivity contribution in [1.82, 2.24) is 4.98 Å². The number of nitrogens with zero attached hydrogens (tertiary/aromatic N) is 2. The Labute approximate surface area is 168 Å². The van der Waals surface area contributed by atoms with Gasteiger partial charge in [-0.05, 0) is 68.4 Å². The molecule has 0 fully saturated rings. The van der Waals surface area contributed by atoms with Crippen LogP contribution in [0.15, 0.2) is 60.8 Å². The van der Waals surface area contributed by atoms with Crippen molar-refractivity contribution in [2.24, 2.45) is 0 Å². The standard InChI is InChI=1S/C22H22F2N4O/c1-3-28(4-2)18-9-6-16(7-10-18)26-17-8-12-21(25-14-17)27-22(29)15-5-11-19(23)20(24)13-15/h5-14,26H,3-4H2,1-2H3,(H,25,27,29). The second-order valence-corrected chi connectivity index (χ2v) is 6.36. The number of carbonyl (C=O) groups is 1. The Morgan fingerprint density at radius 3 is 2.21 bits per heavy atom. The summed E-state index contributed by atoms with van der Waals surface area (Å²) in [4.78, 5) is 18.6. The maximum absolute atomic E-state index is 13.3. The lowest BCUT2D eigenvalue weighted by Crippen LogP contribution is -2.21. The summed E-state index contributed by atoms with van der Waals surface area (Å²) >= 11 is 0. The molecular weight excluding hydrogens is 374 g/mol. The quantitative estimate of drug-likeness (QED) is 0.576. The smallest absolute Gasteiger partial charge is 0.256 e. The van der Waals surface area contributed by atoms with E-state index in [-0.39, 0.29) is 5.56 Å². The van der Waals surface area contributed by atoms with E-state index in [2.05, 4.69) is 46.5 Å². The molecule has 0 aliphatic rings. The molecule has 0 aliphatic carbocycles. The van der Waals surface area contributed by atoms with Gasteiger partial charge in [0, 0.05) is 30.0 Å². The van der Waals surface area contributed by atoms with Crippen molar-refractivity contribution in [1.29, 1.82) is 0 Å². The highest BCUT2D eigenvalue weighted by Gasteiger charge is 2.10. The van der Waals surface area contributed by atoms with Crippen molar-refractivity contribution in [2.45, 2.75) is 13.8 Å². The topological polar surface area (TPSA) is 57.3 Å². The van der Waals surface area contributed by atoms with Crippen LogP contribution in [0.25, 0.3) is 0 Å². The molecule has 0 atom stereocenters. The lowest BCUT2D eigenvalue weighted by Gasteiger charge is -2.21. The minimum Gasteiger partial charge on any atom is -0.372 e. The number of carbonyl (C=O) groups excluding carboxylic acids is 1. The Bertz CT molecular complexity index is 971. The molecule has 0 saturated heterocycles. The number of rotatable bonds is 7. The van der Waals surface area contributed by atoms with Crippen molar-refractivity contribution in [2.75, 3.05) is 28.6 Å². The molecule has 0 saturated carbocycles. The second kappa shape index (κ2) is 9.14. The van der Waals surface area contributed by atoms with Gasteiger partial charge in [0.2, 0.25) is 0 Å². The van der Waals surface area contributed by atoms with Gasteiger partial charge < -0.3 is 15.5 Å². The van der Waals surface area contributed by atoms with Crippen molar-refractivity contribution in [3.05, 3.63) is 78.0 Å². The molecule has 0 bridgehead atoms. The molecule has 0 aliphatic heterocycles. The summed E-state index contributed by atoms with van der Waals surface area (Å²) in [7, 11) is 0. The highest BCUT2D eigenvalue weighted by atomic mass is 19.2. The molecule has 2 aromatic carbocycles. The summed E-state index contributed by atoms with van der Waals surface area (Å²) < 4.78 is 26.2. The Morgan fingerprint density at radius 2 is 1.62 bits per heavy atom. The molecule has 1 aromatic heterocycles. The maximum atomic E-state index is 13.3. The predicted octanol–water partition coefficient (Wildman–Crippen LogP) is 5.20. The number of anilines is 4. The lowest BCUT2D eigenvalue weighted by molar-refractivity contribution is 0.102. The average Bonchev–Trinajstić information content (AvgIpc) is 2.73. The molecule has 3 aromatic rings. The third kappa shape index (κ3) is 5.07. The van der Waals surface area contributed by atoms with Crippen LogP contribution in [0.2, 0.25) is 0 Å². The average molecular weight is 396 g/mol. The van der Waals surface area contributed by atoms with Crippen LogP contribution >= 0.6 is 0 Å². The van der Waals surface area contributed by atoms with E-state index in [1.807, 2.05) is 12.1 Å². The van der Waals surface area contributed by atoms with E-state index >= 15 is 0 Å². The first-order chi connectivity index (χ1) is 14.0. The van der Waals surface area contributed by atoms with Crippen LogP contribution in [-0.2, 0) is 0 Å². The number of pyridine rings is 1. The van der Waals surface area contributed by atoms with E-state index in [1.165, 1.54) is 6.07 Å². The molecule has 0 radical (unpaired) electrons. The first-order valence-corrected chi connectivity index (χ1v) is 9.34. The zero-order valence-electron chi connectivity index (χ0n) is 16.2. The maximum Gasteiger partial charge on any atom is 0.256 e. The molecule has 3 rings (SSSR count). The van der Waals surface area contributed by atoms with E-state index < -0.39 is 17.5 Å². The van der Waals surface area contributed by atoms with Gasteiger partial charge in [0.1, 0.15) is 5.82 Å². The van der Waals surface area contributed by atoms with Crippen LogP contribution in [0.3, 0.4) is 0 Å². The van der Waals surface area contributed by atoms with E-state index in [0.29, 0.717) is 5.82 Å². The van der Waals surface area contributed by atoms with Gasteiger partial charge in [-0.1, -0.05) is 0 Å². The highest BCUT2D eigenvalue weighted by molar-refractivity contribution is 6.03. The summed E-state index contributed by atoms with van der Waals surface area (Å²) in [5, 5.41) is 5.80. The molecule has 29 heavy (non-hydrogen) atoms. The highest BCUT2D eigenvalue weighted by Crippen LogP contribution is 2.21. The molecule has 1 heterocycles. The molecule has 0 unspecified atom stereocenters. The largest absolute Gasteiger partial charge is 0.372 e. The lowest BCUT2D eigenvalue weighted by atomic mass is 10.2. The number of amides is 1. The zero-order chi connectivity index (χ0) is 20.8. The molecule has 2 N–H and O–H groups in total. The third-order valence-electron chi connectivity index (χ3n) is 4.47. The van der Waals surface area contributed by atoms with Gasteiger partial charge in [-0.3, -0.25) is 4.79 Å². The van der Waals surface area contributed by atoms with Crippen molar-refractivity contribution < 1.29 is 13.6 Å². The Kier molecular flexibility index (Phi) is 6.39. The van der Waals surface area contributed by atoms with Crippen LogP contribution < -0.4 is 15.5 Å². The first kappa shape index (κ1) is 20.3. The Morgan fingerprint density at radius 1 is 0.931 bits per heavy atom. The minimum atomic E-state index is -1.07. The number of hydrogen-bond acceptors (Lipinski definition) is 4. The minimum absolute atomic E-state index is 0.0150. The number of nitrogens with one attached hydrogen (secondary N) is 2. The summed E-state index contributed by atoms with van der Waals surface area (Å²) in [5.41, 5.74) is 2.85. The monoisotopic (exact) mass is 396 g/mol. The van der Waals surface area contributed by atoms with Gasteiger partial charge in [0.05, 0.1) is 11.9 Å². The van der Waals surface area contributed by atoms with Crippen LogP contribution in [0, 0.1) is 11.6 Å². The fourth-order valence-corrected chi connectivity index (χ4v) is 2.88. The fraction of sp³-hybridized carbons (Fsp3) is 0.182. The van der Waals surface area contributed by atoms with E-state index in [4.69, 9.17) is 0 Å². The summed E-state index contributed by atoms with van der Waals surface area (Å²) in [6, 6.07) is 14.5. The number of aromatic nitrogens is 1. The van der Waals surface area contributed by atoms with Gasteiger partial charge in [-0.15, -0.1) is 0 Å². The zero-order valence-corrected chi connectivity index (χ0v) is 16.2. The molecule has 0 spiro atoms. The molecule has 1 amide bonds. The van der Waals surface area contributed by atoms with E-state index in [1.54, 1.807) is 18.3 Å². The third-order valence-corrected chi connectivity index (χ3v) is 4.47. The van der Waals surface area contributed by atoms with E-state index in [0.717, 1.165) is 42.3 Å². The predicted molar refractivity (Wildman–Crippen MR) is 112 cm³/mol. The first-order valence-electron chi connectivity index (χ1n) is 9.34. The summed E-state index contributed by atoms with van der Waals surface area (Å²) in [5.74, 6) is -2.33. The Balaban J connectivity index is 1.62. The van der Waals surface area contributed by atoms with E-state index in [9.17, 15) is 13.6 Å². The summed E-state index contributed by atoms with van der Waals surface area (Å²) in [6.07, 6.45) is 1.58. The van der Waals surface area contributed by atoms with Gasteiger partial charge in [0.25, 0.3) is 5.91 Å². The SMILES string of the molecule is CCN(CC)c1ccc(Nc2ccc(NC(=O)c3ccc(F)c(F)c3)nc2)cc1. The summed E-state index contributed by atoms with van der Waals surface area (Å²) in [6.45, 7) is 6.14. The van der Waals surface area contributed by atoms with Gasteiger partial charge in [-0.2, -0.15) is 0 Å². The van der Waals surface area contributed by atoms with Crippen LogP contribution in [0.4, 0.5) is 31.7 Å². The van der Waals surface area contributed by atoms with Gasteiger partial charge in [-0.25, -0.2) is 13.8 Å². The number of benzene rings is 2. The van der Waals surface area contributed by atoms with Gasteiger partial charge in [0.15, 0.2) is 11.6 Å². The van der Waals surface area contributed by atoms with Crippen molar-refractivity contribution in [3.8, 4) is 0 Å². The van der Waals surface area contributed by atoms with Crippen LogP contribution in [-0.4, -0.2) is 24.0 Å². The normalized spacial score (nSPS) is 10.5. The molecule has 7 heteroatoms. The van der Waals surface area contributed by atoms with Crippen LogP contribution in [0.5, 0.6) is 0 Å². The molecular formula is C22H22F2N4O. The Hall–Kier alpha value is -3.48. The van der Waals surface area contributed by atoms with Crippen molar-refractivity contribution >= 4 is 28.8 Å². The second-order valence-electron chi connectivity index (χ2n) is 6.36. The van der Waals surface area contributed by atoms with Crippen LogP contribution in [0.1, 0.15) is 24.2 Å². The van der Waals surface area contributed by atoms with Gasteiger partial charge >= 0.3 is 0 Å². The molecule has 5 nitrogen and oxygen atoms in total. The fourth-order valence-electron chi connectivity index (χ4n) is 2.88. The van der Waals surface area contributed by atoms with Crippen molar-refractivity contribution in [3.63, 3.8) is 0 Å². The number of hydrogen-bond donors (Lipinski definition) is 2. The number of halogens is 2. The molecule has 150 valence electrons.